The van der Waals surface area contributed by atoms with Crippen LogP contribution in [0.5, 0.6) is 5.75 Å². The zero-order valence-electron chi connectivity index (χ0n) is 17.1. The fraction of sp³-hybridized carbons (Fsp3) is 0.619. The molecule has 0 saturated heterocycles. The summed E-state index contributed by atoms with van der Waals surface area (Å²) in [6.07, 6.45) is 6.05. The number of benzene rings is 1. The quantitative estimate of drug-likeness (QED) is 0.329. The number of fused-ring (bicyclic) bond motifs is 1. The van der Waals surface area contributed by atoms with Crippen LogP contribution >= 0.6 is 24.0 Å². The second kappa shape index (κ2) is 10.3. The van der Waals surface area contributed by atoms with E-state index in [2.05, 4.69) is 39.1 Å². The normalized spacial score (nSPS) is 20.1. The standard InChI is InChI=1S/C21H32N4O2.HI/c1-15(2)24-19(26)10-13-23-20(22-3)25-17-14-21(11-6-7-12-21)27-18-9-5-4-8-16(17)18;/h4-5,8-9,15,17H,6-7,10-14H2,1-3H3,(H,24,26)(H2,22,23,25);1H. The van der Waals surface area contributed by atoms with Crippen LogP contribution in [0.25, 0.3) is 0 Å². The van der Waals surface area contributed by atoms with E-state index >= 15 is 0 Å². The molecule has 1 heterocycles. The molecule has 1 aliphatic heterocycles. The Balaban J connectivity index is 0.00000280. The lowest BCUT2D eigenvalue weighted by Gasteiger charge is -2.40. The smallest absolute Gasteiger partial charge is 0.221 e. The fourth-order valence-electron chi connectivity index (χ4n) is 4.12. The van der Waals surface area contributed by atoms with Crippen molar-refractivity contribution >= 4 is 35.8 Å². The van der Waals surface area contributed by atoms with E-state index in [1.54, 1.807) is 7.05 Å². The molecule has 0 bridgehead atoms. The van der Waals surface area contributed by atoms with Gasteiger partial charge in [0.2, 0.25) is 5.91 Å². The van der Waals surface area contributed by atoms with Crippen LogP contribution in [0.2, 0.25) is 0 Å². The Morgan fingerprint density at radius 3 is 2.68 bits per heavy atom. The molecule has 7 heteroatoms. The molecule has 3 rings (SSSR count). The van der Waals surface area contributed by atoms with Gasteiger partial charge in [0.1, 0.15) is 11.4 Å². The topological polar surface area (TPSA) is 74.8 Å². The summed E-state index contributed by atoms with van der Waals surface area (Å²) >= 11 is 0. The van der Waals surface area contributed by atoms with E-state index in [0.717, 1.165) is 31.0 Å². The number of nitrogens with one attached hydrogen (secondary N) is 3. The first-order valence-electron chi connectivity index (χ1n) is 10.1. The number of carbonyl (C=O) groups is 1. The lowest BCUT2D eigenvalue weighted by molar-refractivity contribution is -0.121. The molecule has 1 atom stereocenters. The van der Waals surface area contributed by atoms with Crippen LogP contribution in [-0.2, 0) is 4.79 Å². The van der Waals surface area contributed by atoms with E-state index in [1.807, 2.05) is 19.9 Å². The van der Waals surface area contributed by atoms with Crippen LogP contribution < -0.4 is 20.7 Å². The van der Waals surface area contributed by atoms with Gasteiger partial charge >= 0.3 is 0 Å². The molecule has 2 aliphatic rings. The number of carbonyl (C=O) groups excluding carboxylic acids is 1. The summed E-state index contributed by atoms with van der Waals surface area (Å²) in [6.45, 7) is 4.48. The Labute approximate surface area is 185 Å². The van der Waals surface area contributed by atoms with Gasteiger partial charge in [0, 0.05) is 38.0 Å². The van der Waals surface area contributed by atoms with Crippen molar-refractivity contribution in [3.05, 3.63) is 29.8 Å². The molecule has 0 radical (unpaired) electrons. The van der Waals surface area contributed by atoms with Gasteiger partial charge in [0.25, 0.3) is 0 Å². The monoisotopic (exact) mass is 500 g/mol. The van der Waals surface area contributed by atoms with Crippen molar-refractivity contribution in [2.75, 3.05) is 13.6 Å². The minimum Gasteiger partial charge on any atom is -0.487 e. The van der Waals surface area contributed by atoms with Crippen LogP contribution in [0.1, 0.15) is 64.0 Å². The second-order valence-electron chi connectivity index (χ2n) is 7.90. The molecule has 6 nitrogen and oxygen atoms in total. The average Bonchev–Trinajstić information content (AvgIpc) is 3.07. The Kier molecular flexibility index (Phi) is 8.39. The highest BCUT2D eigenvalue weighted by Gasteiger charge is 2.43. The number of nitrogens with zero attached hydrogens (tertiary/aromatic N) is 1. The van der Waals surface area contributed by atoms with Crippen molar-refractivity contribution in [2.24, 2.45) is 4.99 Å². The lowest BCUT2D eigenvalue weighted by Crippen LogP contribution is -2.47. The maximum Gasteiger partial charge on any atom is 0.221 e. The molecule has 28 heavy (non-hydrogen) atoms. The van der Waals surface area contributed by atoms with Crippen molar-refractivity contribution in [3.63, 3.8) is 0 Å². The van der Waals surface area contributed by atoms with Gasteiger partial charge in [0.05, 0.1) is 6.04 Å². The summed E-state index contributed by atoms with van der Waals surface area (Å²) in [6, 6.07) is 8.59. The van der Waals surface area contributed by atoms with Crippen LogP contribution in [0, 0.1) is 0 Å². The molecular weight excluding hydrogens is 467 g/mol. The number of halogens is 1. The van der Waals surface area contributed by atoms with E-state index in [-0.39, 0.29) is 47.6 Å². The van der Waals surface area contributed by atoms with Crippen LogP contribution in [0.4, 0.5) is 0 Å². The van der Waals surface area contributed by atoms with E-state index in [1.165, 1.54) is 18.4 Å². The SMILES string of the molecule is CN=C(NCCC(=O)NC(C)C)NC1CC2(CCCC2)Oc2ccccc21.I. The third kappa shape index (κ3) is 5.75. The zero-order valence-corrected chi connectivity index (χ0v) is 19.4. The third-order valence-corrected chi connectivity index (χ3v) is 5.34. The molecule has 1 aliphatic carbocycles. The van der Waals surface area contributed by atoms with Crippen molar-refractivity contribution in [2.45, 2.75) is 70.1 Å². The molecular formula is C21H33IN4O2. The number of ether oxygens (including phenoxy) is 1. The number of hydrogen-bond donors (Lipinski definition) is 3. The van der Waals surface area contributed by atoms with Crippen molar-refractivity contribution in [1.82, 2.24) is 16.0 Å². The van der Waals surface area contributed by atoms with Crippen LogP contribution in [-0.4, -0.2) is 37.1 Å². The van der Waals surface area contributed by atoms with Crippen molar-refractivity contribution in [1.29, 1.82) is 0 Å². The van der Waals surface area contributed by atoms with Gasteiger partial charge in [-0.2, -0.15) is 0 Å². The number of aliphatic imine (C=N–C) groups is 1. The van der Waals surface area contributed by atoms with Gasteiger partial charge in [-0.1, -0.05) is 18.2 Å². The van der Waals surface area contributed by atoms with Gasteiger partial charge in [-0.05, 0) is 45.6 Å². The average molecular weight is 500 g/mol. The molecule has 0 aromatic heterocycles. The zero-order chi connectivity index (χ0) is 19.3. The highest BCUT2D eigenvalue weighted by Crippen LogP contribution is 2.46. The predicted octanol–water partition coefficient (Wildman–Crippen LogP) is 3.52. The van der Waals surface area contributed by atoms with Gasteiger partial charge in [-0.25, -0.2) is 0 Å². The molecule has 1 aromatic rings. The summed E-state index contributed by atoms with van der Waals surface area (Å²) in [5, 5.41) is 9.73. The molecule has 3 N–H and O–H groups in total. The Bertz CT molecular complexity index is 687. The number of rotatable bonds is 5. The molecule has 1 fully saturated rings. The summed E-state index contributed by atoms with van der Waals surface area (Å²) < 4.78 is 6.42. The van der Waals surface area contributed by atoms with Crippen molar-refractivity contribution in [3.8, 4) is 5.75 Å². The molecule has 1 unspecified atom stereocenters. The number of amides is 1. The maximum absolute atomic E-state index is 11.8. The summed E-state index contributed by atoms with van der Waals surface area (Å²) in [5.74, 6) is 1.76. The minimum absolute atomic E-state index is 0. The van der Waals surface area contributed by atoms with Crippen molar-refractivity contribution < 1.29 is 9.53 Å². The first-order valence-corrected chi connectivity index (χ1v) is 10.1. The van der Waals surface area contributed by atoms with Gasteiger partial charge in [-0.15, -0.1) is 24.0 Å². The van der Waals surface area contributed by atoms with Crippen LogP contribution in [0.15, 0.2) is 29.3 Å². The van der Waals surface area contributed by atoms with Gasteiger partial charge in [0.15, 0.2) is 5.96 Å². The predicted molar refractivity (Wildman–Crippen MR) is 123 cm³/mol. The first-order chi connectivity index (χ1) is 13.0. The minimum atomic E-state index is -0.0535. The maximum atomic E-state index is 11.8. The largest absolute Gasteiger partial charge is 0.487 e. The van der Waals surface area contributed by atoms with E-state index in [9.17, 15) is 4.79 Å². The summed E-state index contributed by atoms with van der Waals surface area (Å²) in [4.78, 5) is 16.2. The lowest BCUT2D eigenvalue weighted by atomic mass is 9.86. The third-order valence-electron chi connectivity index (χ3n) is 5.34. The Morgan fingerprint density at radius 1 is 1.29 bits per heavy atom. The Morgan fingerprint density at radius 2 is 2.00 bits per heavy atom. The van der Waals surface area contributed by atoms with Crippen LogP contribution in [0.3, 0.4) is 0 Å². The number of para-hydroxylation sites is 1. The number of hydrogen-bond acceptors (Lipinski definition) is 3. The highest BCUT2D eigenvalue weighted by atomic mass is 127. The van der Waals surface area contributed by atoms with Gasteiger partial charge < -0.3 is 20.7 Å². The highest BCUT2D eigenvalue weighted by molar-refractivity contribution is 14.0. The van der Waals surface area contributed by atoms with Gasteiger partial charge in [-0.3, -0.25) is 9.79 Å². The fourth-order valence-corrected chi connectivity index (χ4v) is 4.12. The number of guanidine groups is 1. The molecule has 1 amide bonds. The summed E-state index contributed by atoms with van der Waals surface area (Å²) in [7, 11) is 1.76. The molecule has 1 aromatic carbocycles. The molecule has 1 spiro atoms. The molecule has 1 saturated carbocycles. The van der Waals surface area contributed by atoms with E-state index in [0.29, 0.717) is 13.0 Å². The second-order valence-corrected chi connectivity index (χ2v) is 7.90. The Hall–Kier alpha value is -1.51. The molecule has 156 valence electrons. The summed E-state index contributed by atoms with van der Waals surface area (Å²) in [5.41, 5.74) is 1.12. The van der Waals surface area contributed by atoms with E-state index in [4.69, 9.17) is 4.74 Å². The first kappa shape index (κ1) is 22.8. The van der Waals surface area contributed by atoms with E-state index < -0.39 is 0 Å².